The maximum Gasteiger partial charge on any atom is 0.227 e. The van der Waals surface area contributed by atoms with Crippen LogP contribution < -0.4 is 4.90 Å². The van der Waals surface area contributed by atoms with E-state index in [0.29, 0.717) is 24.4 Å². The Balaban J connectivity index is 2.34. The van der Waals surface area contributed by atoms with Gasteiger partial charge in [0.1, 0.15) is 0 Å². The quantitative estimate of drug-likeness (QED) is 0.786. The zero-order chi connectivity index (χ0) is 13.1. The first-order valence-electron chi connectivity index (χ1n) is 6.09. The molecule has 2 rings (SSSR count). The largest absolute Gasteiger partial charge is 0.312 e. The molecule has 18 heavy (non-hydrogen) atoms. The molecule has 4 heteroatoms. The number of carbonyl (C=O) groups is 1. The van der Waals surface area contributed by atoms with Crippen LogP contribution in [0.25, 0.3) is 0 Å². The number of amides is 1. The molecule has 0 N–H and O–H groups in total. The van der Waals surface area contributed by atoms with Gasteiger partial charge in [-0.3, -0.25) is 4.79 Å². The molecule has 1 aliphatic heterocycles. The molecule has 1 saturated heterocycles. The molecule has 0 radical (unpaired) electrons. The summed E-state index contributed by atoms with van der Waals surface area (Å²) >= 11 is 5.83. The van der Waals surface area contributed by atoms with E-state index in [1.807, 2.05) is 19.1 Å². The fraction of sp³-hybridized carbons (Fsp3) is 0.429. The van der Waals surface area contributed by atoms with Crippen molar-refractivity contribution in [3.63, 3.8) is 0 Å². The number of halogens is 1. The molecule has 3 nitrogen and oxygen atoms in total. The number of rotatable bonds is 3. The van der Waals surface area contributed by atoms with Gasteiger partial charge >= 0.3 is 0 Å². The van der Waals surface area contributed by atoms with Crippen molar-refractivity contribution < 1.29 is 4.79 Å². The van der Waals surface area contributed by atoms with E-state index in [4.69, 9.17) is 16.9 Å². The molecule has 0 saturated carbocycles. The number of hydrogen-bond donors (Lipinski definition) is 0. The van der Waals surface area contributed by atoms with E-state index in [2.05, 4.69) is 6.07 Å². The number of carbonyl (C=O) groups excluding carboxylic acids is 1. The Labute approximate surface area is 112 Å². The number of aryl methyl sites for hydroxylation is 1. The van der Waals surface area contributed by atoms with E-state index in [1.165, 1.54) is 0 Å². The van der Waals surface area contributed by atoms with Crippen molar-refractivity contribution in [1.29, 1.82) is 5.26 Å². The van der Waals surface area contributed by atoms with Crippen molar-refractivity contribution in [2.24, 2.45) is 5.92 Å². The fourth-order valence-electron chi connectivity index (χ4n) is 2.32. The highest BCUT2D eigenvalue weighted by molar-refractivity contribution is 6.18. The van der Waals surface area contributed by atoms with Crippen LogP contribution in [0.15, 0.2) is 18.2 Å². The van der Waals surface area contributed by atoms with Gasteiger partial charge in [0.2, 0.25) is 5.91 Å². The summed E-state index contributed by atoms with van der Waals surface area (Å²) in [4.78, 5) is 13.8. The van der Waals surface area contributed by atoms with E-state index in [9.17, 15) is 4.79 Å². The van der Waals surface area contributed by atoms with Crippen LogP contribution in [0.4, 0.5) is 5.69 Å². The third-order valence-corrected chi connectivity index (χ3v) is 3.74. The molecule has 0 aliphatic carbocycles. The summed E-state index contributed by atoms with van der Waals surface area (Å²) in [5, 5.41) is 8.90. The number of hydrogen-bond acceptors (Lipinski definition) is 2. The number of alkyl halides is 1. The van der Waals surface area contributed by atoms with Crippen LogP contribution in [0.5, 0.6) is 0 Å². The highest BCUT2D eigenvalue weighted by Gasteiger charge is 2.30. The Bertz CT molecular complexity index is 507. The van der Waals surface area contributed by atoms with Crippen LogP contribution in [-0.2, 0) is 11.2 Å². The summed E-state index contributed by atoms with van der Waals surface area (Å²) in [6, 6.07) is 7.61. The Morgan fingerprint density at radius 2 is 2.33 bits per heavy atom. The second kappa shape index (κ2) is 5.41. The predicted octanol–water partition coefficient (Wildman–Crippen LogP) is 2.71. The topological polar surface area (TPSA) is 44.1 Å². The van der Waals surface area contributed by atoms with Crippen LogP contribution in [0, 0.1) is 17.2 Å². The van der Waals surface area contributed by atoms with Gasteiger partial charge in [0, 0.05) is 24.5 Å². The van der Waals surface area contributed by atoms with Crippen molar-refractivity contribution in [3.05, 3.63) is 29.3 Å². The predicted molar refractivity (Wildman–Crippen MR) is 71.7 cm³/mol. The van der Waals surface area contributed by atoms with Crippen LogP contribution in [0.3, 0.4) is 0 Å². The van der Waals surface area contributed by atoms with Gasteiger partial charge in [0.25, 0.3) is 0 Å². The molecule has 0 aromatic heterocycles. The van der Waals surface area contributed by atoms with Crippen molar-refractivity contribution >= 4 is 23.2 Å². The van der Waals surface area contributed by atoms with Crippen molar-refractivity contribution in [2.45, 2.75) is 19.8 Å². The van der Waals surface area contributed by atoms with Gasteiger partial charge in [0.15, 0.2) is 0 Å². The molecular weight excluding hydrogens is 248 g/mol. The molecule has 1 heterocycles. The second-order valence-electron chi connectivity index (χ2n) is 4.54. The summed E-state index contributed by atoms with van der Waals surface area (Å²) in [6.45, 7) is 2.71. The summed E-state index contributed by atoms with van der Waals surface area (Å²) in [6.07, 6.45) is 1.33. The highest BCUT2D eigenvalue weighted by atomic mass is 35.5. The average Bonchev–Trinajstić information content (AvgIpc) is 2.79. The van der Waals surface area contributed by atoms with Gasteiger partial charge in [-0.25, -0.2) is 0 Å². The van der Waals surface area contributed by atoms with E-state index < -0.39 is 0 Å². The summed E-state index contributed by atoms with van der Waals surface area (Å²) in [7, 11) is 0. The molecular formula is C14H15ClN2O. The summed E-state index contributed by atoms with van der Waals surface area (Å²) in [5.41, 5.74) is 2.60. The van der Waals surface area contributed by atoms with E-state index in [0.717, 1.165) is 17.7 Å². The number of nitriles is 1. The van der Waals surface area contributed by atoms with Gasteiger partial charge in [0.05, 0.1) is 11.6 Å². The maximum absolute atomic E-state index is 12.0. The summed E-state index contributed by atoms with van der Waals surface area (Å²) < 4.78 is 0. The molecule has 1 amide bonds. The number of nitrogens with zero attached hydrogens (tertiary/aromatic N) is 2. The number of anilines is 1. The molecule has 1 aromatic carbocycles. The van der Waals surface area contributed by atoms with Crippen LogP contribution in [0.1, 0.15) is 24.5 Å². The molecule has 0 spiro atoms. The first kappa shape index (κ1) is 12.9. The third-order valence-electron chi connectivity index (χ3n) is 3.30. The maximum atomic E-state index is 12.0. The molecule has 94 valence electrons. The van der Waals surface area contributed by atoms with E-state index >= 15 is 0 Å². The molecule has 0 bridgehead atoms. The Morgan fingerprint density at radius 3 is 2.89 bits per heavy atom. The Kier molecular flexibility index (Phi) is 3.88. The van der Waals surface area contributed by atoms with Crippen molar-refractivity contribution in [1.82, 2.24) is 0 Å². The van der Waals surface area contributed by atoms with Gasteiger partial charge < -0.3 is 4.90 Å². The third kappa shape index (κ3) is 2.34. The van der Waals surface area contributed by atoms with Crippen LogP contribution >= 0.6 is 11.6 Å². The van der Waals surface area contributed by atoms with Crippen LogP contribution in [-0.4, -0.2) is 18.3 Å². The lowest BCUT2D eigenvalue weighted by Crippen LogP contribution is -2.25. The Morgan fingerprint density at radius 1 is 1.56 bits per heavy atom. The molecule has 1 fully saturated rings. The van der Waals surface area contributed by atoms with Crippen molar-refractivity contribution in [3.8, 4) is 6.07 Å². The summed E-state index contributed by atoms with van der Waals surface area (Å²) in [5.74, 6) is 0.875. The lowest BCUT2D eigenvalue weighted by molar-refractivity contribution is -0.117. The highest BCUT2D eigenvalue weighted by Crippen LogP contribution is 2.29. The minimum Gasteiger partial charge on any atom is -0.312 e. The van der Waals surface area contributed by atoms with Crippen LogP contribution in [0.2, 0.25) is 0 Å². The zero-order valence-electron chi connectivity index (χ0n) is 10.3. The zero-order valence-corrected chi connectivity index (χ0v) is 11.1. The van der Waals surface area contributed by atoms with E-state index in [1.54, 1.807) is 11.0 Å². The first-order chi connectivity index (χ1) is 8.69. The van der Waals surface area contributed by atoms with Gasteiger partial charge in [-0.05, 0) is 36.1 Å². The van der Waals surface area contributed by atoms with E-state index in [-0.39, 0.29) is 11.8 Å². The first-order valence-corrected chi connectivity index (χ1v) is 6.62. The Hall–Kier alpha value is -1.53. The van der Waals surface area contributed by atoms with Gasteiger partial charge in [-0.2, -0.15) is 5.26 Å². The molecule has 1 atom stereocenters. The molecule has 1 aromatic rings. The molecule has 1 unspecified atom stereocenters. The minimum atomic E-state index is 0.125. The normalized spacial score (nSPS) is 19.1. The smallest absolute Gasteiger partial charge is 0.227 e. The fourth-order valence-corrected chi connectivity index (χ4v) is 2.53. The molecule has 1 aliphatic rings. The lowest BCUT2D eigenvalue weighted by Gasteiger charge is -2.20. The van der Waals surface area contributed by atoms with Crippen molar-refractivity contribution in [2.75, 3.05) is 17.3 Å². The van der Waals surface area contributed by atoms with Gasteiger partial charge in [-0.1, -0.05) is 6.92 Å². The number of benzene rings is 1. The standard InChI is InChI=1S/C14H15ClN2O/c1-2-12-5-10(8-16)3-4-13(12)17-9-11(7-15)6-14(17)18/h3-5,11H,2,6-7,9H2,1H3. The minimum absolute atomic E-state index is 0.125. The monoisotopic (exact) mass is 262 g/mol. The SMILES string of the molecule is CCc1cc(C#N)ccc1N1CC(CCl)CC1=O. The average molecular weight is 263 g/mol. The second-order valence-corrected chi connectivity index (χ2v) is 4.85. The lowest BCUT2D eigenvalue weighted by atomic mass is 10.1. The van der Waals surface area contributed by atoms with Gasteiger partial charge in [-0.15, -0.1) is 11.6 Å².